The fraction of sp³-hybridized carbons (Fsp3) is 0.500. The van der Waals surface area contributed by atoms with E-state index in [-0.39, 0.29) is 0 Å². The molecule has 1 aliphatic rings. The molecule has 0 aliphatic heterocycles. The van der Waals surface area contributed by atoms with E-state index in [1.807, 2.05) is 18.2 Å². The average molecular weight is 281 g/mol. The fourth-order valence-corrected chi connectivity index (χ4v) is 3.78. The Morgan fingerprint density at radius 2 is 2.11 bits per heavy atom. The van der Waals surface area contributed by atoms with E-state index < -0.39 is 0 Å². The number of nitrogens with one attached hydrogen (secondary N) is 1. The predicted octanol–water partition coefficient (Wildman–Crippen LogP) is 4.94. The van der Waals surface area contributed by atoms with Gasteiger partial charge in [0.25, 0.3) is 0 Å². The monoisotopic (exact) mass is 280 g/mol. The molecule has 0 saturated heterocycles. The molecule has 1 heterocycles. The summed E-state index contributed by atoms with van der Waals surface area (Å²) in [5, 5.41) is 5.28. The van der Waals surface area contributed by atoms with E-state index >= 15 is 0 Å². The topological polar surface area (TPSA) is 24.9 Å². The van der Waals surface area contributed by atoms with Crippen molar-refractivity contribution >= 4 is 38.3 Å². The molecule has 1 fully saturated rings. The minimum absolute atomic E-state index is 0.802. The van der Waals surface area contributed by atoms with Gasteiger partial charge in [0.15, 0.2) is 5.13 Å². The van der Waals surface area contributed by atoms with Crippen LogP contribution in [0.2, 0.25) is 5.02 Å². The van der Waals surface area contributed by atoms with Crippen LogP contribution in [0.5, 0.6) is 0 Å². The molecule has 4 heteroatoms. The van der Waals surface area contributed by atoms with Crippen LogP contribution in [-0.4, -0.2) is 11.5 Å². The third-order valence-electron chi connectivity index (χ3n) is 3.63. The summed E-state index contributed by atoms with van der Waals surface area (Å²) in [4.78, 5) is 4.58. The Labute approximate surface area is 116 Å². The van der Waals surface area contributed by atoms with Crippen molar-refractivity contribution in [3.05, 3.63) is 23.2 Å². The molecule has 0 amide bonds. The number of thiazole rings is 1. The molecule has 1 aromatic heterocycles. The van der Waals surface area contributed by atoms with Gasteiger partial charge in [-0.3, -0.25) is 0 Å². The van der Waals surface area contributed by atoms with E-state index in [4.69, 9.17) is 11.6 Å². The lowest BCUT2D eigenvalue weighted by molar-refractivity contribution is 0.373. The third kappa shape index (κ3) is 2.62. The van der Waals surface area contributed by atoms with E-state index in [2.05, 4.69) is 10.3 Å². The SMILES string of the molecule is Clc1cccc2nc(NCC3CCCCC3)sc12. The predicted molar refractivity (Wildman–Crippen MR) is 79.7 cm³/mol. The molecule has 1 aromatic carbocycles. The van der Waals surface area contributed by atoms with E-state index in [0.717, 1.165) is 32.8 Å². The van der Waals surface area contributed by atoms with Gasteiger partial charge in [0, 0.05) is 6.54 Å². The zero-order valence-corrected chi connectivity index (χ0v) is 11.9. The Hall–Kier alpha value is -0.800. The minimum atomic E-state index is 0.802. The first-order valence-electron chi connectivity index (χ1n) is 6.62. The second kappa shape index (κ2) is 5.45. The van der Waals surface area contributed by atoms with Crippen LogP contribution in [0, 0.1) is 5.92 Å². The van der Waals surface area contributed by atoms with Crippen molar-refractivity contribution < 1.29 is 0 Å². The van der Waals surface area contributed by atoms with Crippen LogP contribution in [0.1, 0.15) is 32.1 Å². The highest BCUT2D eigenvalue weighted by Crippen LogP contribution is 2.32. The molecular formula is C14H17ClN2S. The lowest BCUT2D eigenvalue weighted by atomic mass is 9.89. The van der Waals surface area contributed by atoms with Gasteiger partial charge >= 0.3 is 0 Å². The molecule has 0 radical (unpaired) electrons. The van der Waals surface area contributed by atoms with Crippen LogP contribution in [0.15, 0.2) is 18.2 Å². The first-order chi connectivity index (χ1) is 8.83. The molecule has 0 spiro atoms. The summed E-state index contributed by atoms with van der Waals surface area (Å²) in [5.74, 6) is 0.821. The molecule has 2 aromatic rings. The van der Waals surface area contributed by atoms with Crippen LogP contribution in [-0.2, 0) is 0 Å². The smallest absolute Gasteiger partial charge is 0.183 e. The van der Waals surface area contributed by atoms with Gasteiger partial charge in [0.2, 0.25) is 0 Å². The molecule has 0 bridgehead atoms. The first-order valence-corrected chi connectivity index (χ1v) is 7.81. The van der Waals surface area contributed by atoms with Crippen LogP contribution in [0.4, 0.5) is 5.13 Å². The molecular weight excluding hydrogens is 264 g/mol. The Balaban J connectivity index is 1.69. The lowest BCUT2D eigenvalue weighted by Crippen LogP contribution is -2.16. The summed E-state index contributed by atoms with van der Waals surface area (Å²) in [5.41, 5.74) is 0.999. The summed E-state index contributed by atoms with van der Waals surface area (Å²) >= 11 is 7.82. The average Bonchev–Trinajstić information content (AvgIpc) is 2.82. The maximum absolute atomic E-state index is 6.16. The zero-order valence-electron chi connectivity index (χ0n) is 10.3. The lowest BCUT2D eigenvalue weighted by Gasteiger charge is -2.21. The molecule has 3 rings (SSSR count). The molecule has 2 nitrogen and oxygen atoms in total. The Morgan fingerprint density at radius 3 is 2.89 bits per heavy atom. The number of nitrogens with zero attached hydrogens (tertiary/aromatic N) is 1. The highest BCUT2D eigenvalue weighted by atomic mass is 35.5. The molecule has 96 valence electrons. The van der Waals surface area contributed by atoms with Gasteiger partial charge in [-0.25, -0.2) is 4.98 Å². The second-order valence-corrected chi connectivity index (χ2v) is 6.40. The minimum Gasteiger partial charge on any atom is -0.361 e. The highest BCUT2D eigenvalue weighted by molar-refractivity contribution is 7.22. The van der Waals surface area contributed by atoms with Crippen LogP contribution >= 0.6 is 22.9 Å². The van der Waals surface area contributed by atoms with E-state index in [1.165, 1.54) is 32.1 Å². The van der Waals surface area contributed by atoms with Crippen molar-refractivity contribution in [2.75, 3.05) is 11.9 Å². The van der Waals surface area contributed by atoms with Gasteiger partial charge in [-0.1, -0.05) is 48.3 Å². The normalized spacial score (nSPS) is 17.2. The van der Waals surface area contributed by atoms with Crippen molar-refractivity contribution in [2.45, 2.75) is 32.1 Å². The van der Waals surface area contributed by atoms with E-state index in [9.17, 15) is 0 Å². The summed E-state index contributed by atoms with van der Waals surface area (Å²) in [7, 11) is 0. The van der Waals surface area contributed by atoms with E-state index in [1.54, 1.807) is 11.3 Å². The first kappa shape index (κ1) is 12.2. The number of aromatic nitrogens is 1. The van der Waals surface area contributed by atoms with Gasteiger partial charge in [-0.05, 0) is 30.9 Å². The van der Waals surface area contributed by atoms with Gasteiger partial charge in [0.05, 0.1) is 15.2 Å². The van der Waals surface area contributed by atoms with Crippen LogP contribution in [0.25, 0.3) is 10.2 Å². The van der Waals surface area contributed by atoms with E-state index in [0.29, 0.717) is 0 Å². The Kier molecular flexibility index (Phi) is 3.71. The Morgan fingerprint density at radius 1 is 1.28 bits per heavy atom. The number of hydrogen-bond donors (Lipinski definition) is 1. The summed E-state index contributed by atoms with van der Waals surface area (Å²) in [6, 6.07) is 5.89. The summed E-state index contributed by atoms with van der Waals surface area (Å²) in [6.45, 7) is 1.05. The molecule has 0 unspecified atom stereocenters. The van der Waals surface area contributed by atoms with Crippen molar-refractivity contribution in [1.82, 2.24) is 4.98 Å². The van der Waals surface area contributed by atoms with Gasteiger partial charge in [0.1, 0.15) is 0 Å². The van der Waals surface area contributed by atoms with Crippen molar-refractivity contribution in [3.8, 4) is 0 Å². The summed E-state index contributed by atoms with van der Waals surface area (Å²) in [6.07, 6.45) is 6.90. The zero-order chi connectivity index (χ0) is 12.4. The quantitative estimate of drug-likeness (QED) is 0.861. The largest absolute Gasteiger partial charge is 0.361 e. The Bertz CT molecular complexity index is 532. The number of anilines is 1. The van der Waals surface area contributed by atoms with Gasteiger partial charge in [-0.15, -0.1) is 0 Å². The molecule has 1 aliphatic carbocycles. The number of halogens is 1. The molecule has 0 atom stereocenters. The highest BCUT2D eigenvalue weighted by Gasteiger charge is 2.14. The van der Waals surface area contributed by atoms with Crippen LogP contribution in [0.3, 0.4) is 0 Å². The number of rotatable bonds is 3. The standard InChI is InChI=1S/C14H17ClN2S/c15-11-7-4-8-12-13(11)18-14(17-12)16-9-10-5-2-1-3-6-10/h4,7-8,10H,1-3,5-6,9H2,(H,16,17). The molecule has 18 heavy (non-hydrogen) atoms. The fourth-order valence-electron chi connectivity index (χ4n) is 2.61. The van der Waals surface area contributed by atoms with Crippen LogP contribution < -0.4 is 5.32 Å². The van der Waals surface area contributed by atoms with Gasteiger partial charge < -0.3 is 5.32 Å². The van der Waals surface area contributed by atoms with Gasteiger partial charge in [-0.2, -0.15) is 0 Å². The molecule has 1 saturated carbocycles. The van der Waals surface area contributed by atoms with Crippen molar-refractivity contribution in [3.63, 3.8) is 0 Å². The second-order valence-electron chi connectivity index (χ2n) is 4.99. The maximum Gasteiger partial charge on any atom is 0.183 e. The number of fused-ring (bicyclic) bond motifs is 1. The van der Waals surface area contributed by atoms with Crippen molar-refractivity contribution in [1.29, 1.82) is 0 Å². The number of hydrogen-bond acceptors (Lipinski definition) is 3. The maximum atomic E-state index is 6.16. The third-order valence-corrected chi connectivity index (χ3v) is 5.12. The molecule has 1 N–H and O–H groups in total. The number of benzene rings is 1. The van der Waals surface area contributed by atoms with Crippen molar-refractivity contribution in [2.24, 2.45) is 5.92 Å². The summed E-state index contributed by atoms with van der Waals surface area (Å²) < 4.78 is 1.09.